The van der Waals surface area contributed by atoms with Crippen molar-refractivity contribution >= 4 is 71.6 Å². The highest BCUT2D eigenvalue weighted by Crippen LogP contribution is 2.40. The van der Waals surface area contributed by atoms with Crippen molar-refractivity contribution in [3.05, 3.63) is 200 Å². The highest BCUT2D eigenvalue weighted by atomic mass is 16.3. The Morgan fingerprint density at radius 3 is 1.80 bits per heavy atom. The predicted octanol–water partition coefficient (Wildman–Crippen LogP) is 14.0. The number of hydrogen-bond acceptors (Lipinski definition) is 3. The first-order valence-electron chi connectivity index (χ1n) is 18.6. The predicted molar refractivity (Wildman–Crippen MR) is 229 cm³/mol. The number of fused-ring (bicyclic) bond motifs is 7. The highest BCUT2D eigenvalue weighted by molar-refractivity contribution is 6.10. The summed E-state index contributed by atoms with van der Waals surface area (Å²) in [5, 5.41) is 7.14. The van der Waals surface area contributed by atoms with Gasteiger partial charge in [-0.25, -0.2) is 0 Å². The molecule has 0 unspecified atom stereocenters. The normalized spacial score (nSPS) is 11.6. The van der Waals surface area contributed by atoms with Crippen LogP contribution in [0.2, 0.25) is 0 Å². The topological polar surface area (TPSA) is 34.2 Å². The molecule has 55 heavy (non-hydrogen) atoms. The van der Waals surface area contributed by atoms with Gasteiger partial charge in [-0.1, -0.05) is 115 Å². The molecule has 0 atom stereocenters. The maximum Gasteiger partial charge on any atom is 0.161 e. The van der Waals surface area contributed by atoms with Gasteiger partial charge in [0.1, 0.15) is 11.3 Å². The van der Waals surface area contributed by atoms with Gasteiger partial charge >= 0.3 is 0 Å². The first-order chi connectivity index (χ1) is 27.3. The fourth-order valence-corrected chi connectivity index (χ4v) is 8.22. The van der Waals surface area contributed by atoms with Crippen LogP contribution in [0.1, 0.15) is 0 Å². The number of hydrogen-bond donors (Lipinski definition) is 0. The van der Waals surface area contributed by atoms with Gasteiger partial charge in [-0.2, -0.15) is 0 Å². The van der Waals surface area contributed by atoms with Crippen LogP contribution in [-0.2, 0) is 0 Å². The lowest BCUT2D eigenvalue weighted by Gasteiger charge is -2.26. The number of rotatable bonds is 6. The lowest BCUT2D eigenvalue weighted by atomic mass is 10.0. The zero-order valence-electron chi connectivity index (χ0n) is 29.8. The largest absolute Gasteiger partial charge is 0.454 e. The van der Waals surface area contributed by atoms with E-state index in [0.29, 0.717) is 0 Å². The molecule has 0 aliphatic heterocycles. The van der Waals surface area contributed by atoms with E-state index in [9.17, 15) is 0 Å². The standard InChI is InChI=1S/C51H33N3O/c1-2-11-36-32-38(21-20-34(36)10-1)37-12-9-13-42(33-37)53(39-24-22-35(23-25-39)50-51-46(30-31-52-50)45-16-5-8-19-49(45)55-51)40-26-28-41(29-27-40)54-47-17-6-3-14-43(47)44-15-4-7-18-48(44)54/h1-33H. The van der Waals surface area contributed by atoms with Crippen LogP contribution in [0.25, 0.3) is 82.6 Å². The fraction of sp³-hybridized carbons (Fsp3) is 0. The van der Waals surface area contributed by atoms with Crippen molar-refractivity contribution < 1.29 is 4.42 Å². The zero-order chi connectivity index (χ0) is 36.3. The molecular weight excluding hydrogens is 671 g/mol. The molecule has 4 heteroatoms. The highest BCUT2D eigenvalue weighted by Gasteiger charge is 2.18. The number of pyridine rings is 1. The Labute approximate surface area is 317 Å². The molecule has 11 aromatic rings. The number of aromatic nitrogens is 2. The summed E-state index contributed by atoms with van der Waals surface area (Å²) in [6.45, 7) is 0. The molecule has 0 fully saturated rings. The second kappa shape index (κ2) is 12.6. The molecule has 11 rings (SSSR count). The summed E-state index contributed by atoms with van der Waals surface area (Å²) < 4.78 is 8.72. The summed E-state index contributed by atoms with van der Waals surface area (Å²) in [5.74, 6) is 0. The van der Waals surface area contributed by atoms with Gasteiger partial charge < -0.3 is 13.9 Å². The molecule has 0 N–H and O–H groups in total. The Morgan fingerprint density at radius 1 is 0.418 bits per heavy atom. The van der Waals surface area contributed by atoms with Crippen LogP contribution in [0.3, 0.4) is 0 Å². The van der Waals surface area contributed by atoms with Gasteiger partial charge in [0.05, 0.1) is 11.0 Å². The van der Waals surface area contributed by atoms with Gasteiger partial charge in [-0.15, -0.1) is 0 Å². The fourth-order valence-electron chi connectivity index (χ4n) is 8.22. The van der Waals surface area contributed by atoms with E-state index in [1.165, 1.54) is 38.1 Å². The quantitative estimate of drug-likeness (QED) is 0.173. The maximum absolute atomic E-state index is 6.36. The van der Waals surface area contributed by atoms with Crippen molar-refractivity contribution in [2.24, 2.45) is 0 Å². The Kier molecular flexibility index (Phi) is 7.14. The number of benzene rings is 8. The SMILES string of the molecule is c1cc(-c2ccc3ccccc3c2)cc(N(c2ccc(-c3nccc4c3oc3ccccc34)cc2)c2ccc(-n3c4ccccc4c4ccccc43)cc2)c1. The van der Waals surface area contributed by atoms with Crippen molar-refractivity contribution in [1.82, 2.24) is 9.55 Å². The van der Waals surface area contributed by atoms with E-state index >= 15 is 0 Å². The van der Waals surface area contributed by atoms with Gasteiger partial charge in [0.2, 0.25) is 0 Å². The van der Waals surface area contributed by atoms with Crippen molar-refractivity contribution in [2.75, 3.05) is 4.90 Å². The van der Waals surface area contributed by atoms with Crippen LogP contribution < -0.4 is 4.90 Å². The summed E-state index contributed by atoms with van der Waals surface area (Å²) in [6.07, 6.45) is 1.87. The molecule has 3 heterocycles. The van der Waals surface area contributed by atoms with Crippen LogP contribution in [0, 0.1) is 0 Å². The number of anilines is 3. The second-order valence-electron chi connectivity index (χ2n) is 14.0. The Morgan fingerprint density at radius 2 is 1.04 bits per heavy atom. The lowest BCUT2D eigenvalue weighted by molar-refractivity contribution is 0.668. The third kappa shape index (κ3) is 5.19. The zero-order valence-corrected chi connectivity index (χ0v) is 29.8. The molecule has 0 bridgehead atoms. The molecule has 0 radical (unpaired) electrons. The minimum absolute atomic E-state index is 0.803. The maximum atomic E-state index is 6.36. The van der Waals surface area contributed by atoms with Crippen LogP contribution in [0.5, 0.6) is 0 Å². The molecule has 3 aromatic heterocycles. The number of nitrogens with zero attached hydrogens (tertiary/aromatic N) is 3. The summed E-state index contributed by atoms with van der Waals surface area (Å²) >= 11 is 0. The van der Waals surface area contributed by atoms with E-state index in [4.69, 9.17) is 9.40 Å². The van der Waals surface area contributed by atoms with Gasteiger partial charge in [-0.05, 0) is 101 Å². The molecule has 0 amide bonds. The third-order valence-electron chi connectivity index (χ3n) is 10.8. The average Bonchev–Trinajstić information content (AvgIpc) is 3.81. The average molecular weight is 704 g/mol. The summed E-state index contributed by atoms with van der Waals surface area (Å²) in [4.78, 5) is 7.13. The lowest BCUT2D eigenvalue weighted by Crippen LogP contribution is -2.10. The summed E-state index contributed by atoms with van der Waals surface area (Å²) in [7, 11) is 0. The smallest absolute Gasteiger partial charge is 0.161 e. The Bertz CT molecular complexity index is 3160. The summed E-state index contributed by atoms with van der Waals surface area (Å²) in [6, 6.07) is 69.1. The first-order valence-corrected chi connectivity index (χ1v) is 18.6. The number of para-hydroxylation sites is 3. The molecule has 0 aliphatic carbocycles. The molecule has 0 saturated carbocycles. The van der Waals surface area contributed by atoms with E-state index in [2.05, 4.69) is 179 Å². The molecule has 0 spiro atoms. The third-order valence-corrected chi connectivity index (χ3v) is 10.8. The van der Waals surface area contributed by atoms with Crippen molar-refractivity contribution in [2.45, 2.75) is 0 Å². The van der Waals surface area contributed by atoms with Crippen molar-refractivity contribution in [1.29, 1.82) is 0 Å². The summed E-state index contributed by atoms with van der Waals surface area (Å²) in [5.41, 5.74) is 12.5. The van der Waals surface area contributed by atoms with E-state index < -0.39 is 0 Å². The molecule has 4 nitrogen and oxygen atoms in total. The molecule has 0 saturated heterocycles. The van der Waals surface area contributed by atoms with Crippen molar-refractivity contribution in [3.8, 4) is 28.1 Å². The minimum Gasteiger partial charge on any atom is -0.454 e. The van der Waals surface area contributed by atoms with E-state index in [0.717, 1.165) is 61.5 Å². The minimum atomic E-state index is 0.803. The molecule has 8 aromatic carbocycles. The van der Waals surface area contributed by atoms with Crippen LogP contribution in [-0.4, -0.2) is 9.55 Å². The molecule has 258 valence electrons. The van der Waals surface area contributed by atoms with Crippen LogP contribution >= 0.6 is 0 Å². The van der Waals surface area contributed by atoms with Gasteiger partial charge in [0.15, 0.2) is 5.58 Å². The molecule has 0 aliphatic rings. The van der Waals surface area contributed by atoms with Gasteiger partial charge in [-0.3, -0.25) is 4.98 Å². The second-order valence-corrected chi connectivity index (χ2v) is 14.0. The van der Waals surface area contributed by atoms with Crippen molar-refractivity contribution in [3.63, 3.8) is 0 Å². The monoisotopic (exact) mass is 703 g/mol. The van der Waals surface area contributed by atoms with Crippen LogP contribution in [0.15, 0.2) is 205 Å². The van der Waals surface area contributed by atoms with Gasteiger partial charge in [0.25, 0.3) is 0 Å². The van der Waals surface area contributed by atoms with E-state index in [1.54, 1.807) is 0 Å². The van der Waals surface area contributed by atoms with E-state index in [-0.39, 0.29) is 0 Å². The number of furan rings is 1. The molecular formula is C51H33N3O. The first kappa shape index (κ1) is 31.1. The van der Waals surface area contributed by atoms with E-state index in [1.807, 2.05) is 30.5 Å². The Hall–Kier alpha value is -7.43. The van der Waals surface area contributed by atoms with Crippen LogP contribution in [0.4, 0.5) is 17.1 Å². The van der Waals surface area contributed by atoms with Gasteiger partial charge in [0, 0.05) is 56.1 Å². The Balaban J connectivity index is 1.04.